The number of aromatic nitrogens is 3. The van der Waals surface area contributed by atoms with Crippen LogP contribution in [0, 0.1) is 0 Å². The lowest BCUT2D eigenvalue weighted by Gasteiger charge is -2.05. The van der Waals surface area contributed by atoms with Crippen molar-refractivity contribution in [2.45, 2.75) is 0 Å². The Morgan fingerprint density at radius 2 is 1.00 bits per heavy atom. The van der Waals surface area contributed by atoms with Crippen molar-refractivity contribution in [3.8, 4) is 0 Å². The van der Waals surface area contributed by atoms with Crippen molar-refractivity contribution in [2.75, 3.05) is 0 Å². The first-order chi connectivity index (χ1) is 12.8. The predicted molar refractivity (Wildman–Crippen MR) is 100 cm³/mol. The maximum Gasteiger partial charge on any atom is 0.386 e. The molecule has 26 heavy (non-hydrogen) atoms. The summed E-state index contributed by atoms with van der Waals surface area (Å²) in [5.74, 6) is 0.568. The minimum atomic E-state index is -0.117. The number of fused-ring (bicyclic) bond motifs is 7. The average Bonchev–Trinajstić information content (AvgIpc) is 3.03. The van der Waals surface area contributed by atoms with Gasteiger partial charge in [-0.05, 0) is 36.4 Å². The van der Waals surface area contributed by atoms with Gasteiger partial charge in [-0.15, -0.1) is 0 Å². The fraction of sp³-hybridized carbons (Fsp3) is 0. The second kappa shape index (κ2) is 4.46. The van der Waals surface area contributed by atoms with E-state index in [0.29, 0.717) is 16.6 Å². The maximum atomic E-state index is 13.3. The largest absolute Gasteiger partial charge is 0.386 e. The first kappa shape index (κ1) is 13.5. The second-order valence-corrected chi connectivity index (χ2v) is 6.44. The molecule has 0 saturated heterocycles. The molecular weight excluding hydrogens is 326 g/mol. The molecule has 0 aliphatic rings. The summed E-state index contributed by atoms with van der Waals surface area (Å²) in [5.41, 5.74) is 2.81. The summed E-state index contributed by atoms with van der Waals surface area (Å²) in [6.45, 7) is 0. The molecule has 0 N–H and O–H groups in total. The molecule has 5 nitrogen and oxygen atoms in total. The monoisotopic (exact) mass is 338 g/mol. The Bertz CT molecular complexity index is 1510. The van der Waals surface area contributed by atoms with E-state index in [0.717, 1.165) is 22.1 Å². The Kier molecular flexibility index (Phi) is 2.32. The van der Waals surface area contributed by atoms with Gasteiger partial charge in [-0.3, -0.25) is 0 Å². The van der Waals surface area contributed by atoms with E-state index in [9.17, 15) is 9.59 Å². The summed E-state index contributed by atoms with van der Waals surface area (Å²) in [7, 11) is 0. The van der Waals surface area contributed by atoms with E-state index in [2.05, 4.69) is 0 Å². The highest BCUT2D eigenvalue weighted by Gasteiger charge is 2.27. The van der Waals surface area contributed by atoms with E-state index in [-0.39, 0.29) is 11.1 Å². The van der Waals surface area contributed by atoms with Crippen molar-refractivity contribution < 1.29 is 4.40 Å². The SMILES string of the molecule is O=c1c2ccccc2[n+]2c3ccccc3c(=O)n3c4ccccc4n1c32. The first-order valence-electron chi connectivity index (χ1n) is 8.40. The van der Waals surface area contributed by atoms with Crippen LogP contribution in [0.2, 0.25) is 0 Å². The van der Waals surface area contributed by atoms with Crippen LogP contribution in [0.25, 0.3) is 38.6 Å². The summed E-state index contributed by atoms with van der Waals surface area (Å²) >= 11 is 0. The molecule has 6 rings (SSSR count). The van der Waals surface area contributed by atoms with Crippen LogP contribution < -0.4 is 15.5 Å². The van der Waals surface area contributed by atoms with Gasteiger partial charge in [-0.1, -0.05) is 36.4 Å². The number of imidazole rings is 1. The summed E-state index contributed by atoms with van der Waals surface area (Å²) < 4.78 is 5.30. The molecule has 0 bridgehead atoms. The van der Waals surface area contributed by atoms with Crippen LogP contribution in [0.1, 0.15) is 0 Å². The molecule has 0 spiro atoms. The zero-order valence-corrected chi connectivity index (χ0v) is 13.6. The first-order valence-corrected chi connectivity index (χ1v) is 8.40. The Morgan fingerprint density at radius 3 is 1.50 bits per heavy atom. The van der Waals surface area contributed by atoms with Crippen LogP contribution in [0.4, 0.5) is 0 Å². The molecular formula is C21H12N3O2+. The second-order valence-electron chi connectivity index (χ2n) is 6.44. The highest BCUT2D eigenvalue weighted by atomic mass is 16.1. The van der Waals surface area contributed by atoms with Crippen molar-refractivity contribution in [3.63, 3.8) is 0 Å². The van der Waals surface area contributed by atoms with E-state index in [1.165, 1.54) is 0 Å². The van der Waals surface area contributed by atoms with Crippen molar-refractivity contribution in [2.24, 2.45) is 0 Å². The zero-order valence-electron chi connectivity index (χ0n) is 13.6. The lowest BCUT2D eigenvalue weighted by molar-refractivity contribution is -0.457. The molecule has 0 saturated carbocycles. The van der Waals surface area contributed by atoms with Crippen molar-refractivity contribution in [1.82, 2.24) is 8.80 Å². The highest BCUT2D eigenvalue weighted by molar-refractivity contribution is 5.87. The molecule has 3 aromatic heterocycles. The summed E-state index contributed by atoms with van der Waals surface area (Å²) in [4.78, 5) is 26.5. The number of para-hydroxylation sites is 4. The van der Waals surface area contributed by atoms with Crippen LogP contribution in [-0.2, 0) is 0 Å². The molecule has 0 fully saturated rings. The van der Waals surface area contributed by atoms with Crippen molar-refractivity contribution >= 4 is 38.6 Å². The van der Waals surface area contributed by atoms with E-state index in [1.54, 1.807) is 8.80 Å². The van der Waals surface area contributed by atoms with Crippen LogP contribution in [0.5, 0.6) is 0 Å². The van der Waals surface area contributed by atoms with Gasteiger partial charge >= 0.3 is 16.9 Å². The smallest absolute Gasteiger partial charge is 0.250 e. The minimum Gasteiger partial charge on any atom is -0.250 e. The minimum absolute atomic E-state index is 0.117. The number of rotatable bonds is 0. The van der Waals surface area contributed by atoms with Gasteiger partial charge in [0.1, 0.15) is 11.0 Å². The Hall–Kier alpha value is -3.73. The molecule has 0 unspecified atom stereocenters. The van der Waals surface area contributed by atoms with Gasteiger partial charge in [0.05, 0.1) is 10.8 Å². The van der Waals surface area contributed by atoms with Gasteiger partial charge in [0.15, 0.2) is 11.0 Å². The molecule has 0 radical (unpaired) electrons. The molecule has 3 heterocycles. The lowest BCUT2D eigenvalue weighted by Crippen LogP contribution is -2.37. The molecule has 0 aliphatic heterocycles. The molecule has 5 heteroatoms. The molecule has 6 aromatic rings. The van der Waals surface area contributed by atoms with Gasteiger partial charge in [0.25, 0.3) is 0 Å². The zero-order chi connectivity index (χ0) is 17.4. The topological polar surface area (TPSA) is 47.1 Å². The third-order valence-corrected chi connectivity index (χ3v) is 5.12. The normalized spacial score (nSPS) is 12.2. The quantitative estimate of drug-likeness (QED) is 0.315. The number of hydrogen-bond acceptors (Lipinski definition) is 2. The highest BCUT2D eigenvalue weighted by Crippen LogP contribution is 2.19. The molecule has 0 aliphatic carbocycles. The summed E-state index contributed by atoms with van der Waals surface area (Å²) in [6, 6.07) is 22.6. The van der Waals surface area contributed by atoms with E-state index < -0.39 is 0 Å². The van der Waals surface area contributed by atoms with E-state index in [1.807, 2.05) is 77.2 Å². The van der Waals surface area contributed by atoms with Crippen molar-refractivity contribution in [1.29, 1.82) is 0 Å². The Morgan fingerprint density at radius 1 is 0.577 bits per heavy atom. The summed E-state index contributed by atoms with van der Waals surface area (Å²) in [5, 5.41) is 1.24. The fourth-order valence-electron chi connectivity index (χ4n) is 4.04. The lowest BCUT2D eigenvalue weighted by atomic mass is 10.2. The molecule has 3 aromatic carbocycles. The Labute approximate surface area is 145 Å². The molecule has 122 valence electrons. The van der Waals surface area contributed by atoms with Crippen molar-refractivity contribution in [3.05, 3.63) is 93.5 Å². The molecule has 0 amide bonds. The van der Waals surface area contributed by atoms with E-state index >= 15 is 0 Å². The number of nitrogens with zero attached hydrogens (tertiary/aromatic N) is 3. The van der Waals surface area contributed by atoms with Crippen LogP contribution in [-0.4, -0.2) is 8.80 Å². The van der Waals surface area contributed by atoms with Gasteiger partial charge in [0, 0.05) is 0 Å². The standard InChI is InChI=1S/C21H12N3O2/c25-19-13-7-1-3-9-15(13)22-16-10-4-2-8-14(16)20(26)24-18-12-6-5-11-17(18)23(19)21(22)24/h1-12H/q+1. The predicted octanol–water partition coefficient (Wildman–Crippen LogP) is 2.40. The fourth-order valence-corrected chi connectivity index (χ4v) is 4.04. The van der Waals surface area contributed by atoms with Crippen LogP contribution >= 0.6 is 0 Å². The third-order valence-electron chi connectivity index (χ3n) is 5.12. The Balaban J connectivity index is 2.22. The van der Waals surface area contributed by atoms with Gasteiger partial charge in [-0.25, -0.2) is 9.59 Å². The van der Waals surface area contributed by atoms with Crippen LogP contribution in [0.15, 0.2) is 82.4 Å². The average molecular weight is 338 g/mol. The summed E-state index contributed by atoms with van der Waals surface area (Å²) in [6.07, 6.45) is 0. The van der Waals surface area contributed by atoms with Crippen LogP contribution in [0.3, 0.4) is 0 Å². The van der Waals surface area contributed by atoms with Gasteiger partial charge < -0.3 is 0 Å². The maximum absolute atomic E-state index is 13.3. The van der Waals surface area contributed by atoms with Gasteiger partial charge in [-0.2, -0.15) is 13.2 Å². The van der Waals surface area contributed by atoms with Gasteiger partial charge in [0.2, 0.25) is 0 Å². The molecule has 0 atom stereocenters. The third kappa shape index (κ3) is 1.40. The number of hydrogen-bond donors (Lipinski definition) is 0. The number of benzene rings is 3. The van der Waals surface area contributed by atoms with E-state index in [4.69, 9.17) is 0 Å².